The standard InChI is InChI=1S/C9H20N2O3/c1-7(6-12)11-8(2)9(13)10-4-5-14-3/h7-8,11-12H,4-6H2,1-3H3,(H,10,13). The third-order valence-electron chi connectivity index (χ3n) is 1.81. The fraction of sp³-hybridized carbons (Fsp3) is 0.889. The van der Waals surface area contributed by atoms with Crippen LogP contribution >= 0.6 is 0 Å². The maximum atomic E-state index is 11.4. The van der Waals surface area contributed by atoms with Crippen LogP contribution in [0.2, 0.25) is 0 Å². The van der Waals surface area contributed by atoms with Crippen LogP contribution in [0.25, 0.3) is 0 Å². The zero-order valence-electron chi connectivity index (χ0n) is 9.04. The number of amides is 1. The molecule has 14 heavy (non-hydrogen) atoms. The highest BCUT2D eigenvalue weighted by Crippen LogP contribution is 1.86. The van der Waals surface area contributed by atoms with Crippen molar-refractivity contribution < 1.29 is 14.6 Å². The van der Waals surface area contributed by atoms with Gasteiger partial charge in [0.2, 0.25) is 5.91 Å². The maximum Gasteiger partial charge on any atom is 0.236 e. The minimum Gasteiger partial charge on any atom is -0.395 e. The Bertz CT molecular complexity index is 164. The van der Waals surface area contributed by atoms with E-state index in [-0.39, 0.29) is 24.6 Å². The number of hydrogen-bond donors (Lipinski definition) is 3. The molecule has 0 aromatic rings. The molecule has 1 amide bonds. The van der Waals surface area contributed by atoms with Crippen molar-refractivity contribution in [3.63, 3.8) is 0 Å². The Morgan fingerprint density at radius 3 is 2.64 bits per heavy atom. The van der Waals surface area contributed by atoms with Gasteiger partial charge in [-0.3, -0.25) is 4.79 Å². The molecule has 0 aromatic heterocycles. The van der Waals surface area contributed by atoms with E-state index in [1.54, 1.807) is 14.0 Å². The Kier molecular flexibility index (Phi) is 7.37. The summed E-state index contributed by atoms with van der Waals surface area (Å²) >= 11 is 0. The minimum atomic E-state index is -0.297. The molecule has 0 aliphatic carbocycles. The predicted molar refractivity (Wildman–Crippen MR) is 54.0 cm³/mol. The van der Waals surface area contributed by atoms with Crippen LogP contribution in [0.4, 0.5) is 0 Å². The number of hydrogen-bond acceptors (Lipinski definition) is 4. The van der Waals surface area contributed by atoms with Crippen molar-refractivity contribution in [1.82, 2.24) is 10.6 Å². The van der Waals surface area contributed by atoms with Gasteiger partial charge >= 0.3 is 0 Å². The molecule has 84 valence electrons. The summed E-state index contributed by atoms with van der Waals surface area (Å²) in [5.41, 5.74) is 0. The molecule has 0 spiro atoms. The van der Waals surface area contributed by atoms with E-state index in [0.717, 1.165) is 0 Å². The Morgan fingerprint density at radius 2 is 2.14 bits per heavy atom. The summed E-state index contributed by atoms with van der Waals surface area (Å²) in [6, 6.07) is -0.368. The van der Waals surface area contributed by atoms with Crippen LogP contribution in [0.1, 0.15) is 13.8 Å². The van der Waals surface area contributed by atoms with E-state index in [4.69, 9.17) is 9.84 Å². The van der Waals surface area contributed by atoms with E-state index in [1.807, 2.05) is 6.92 Å². The van der Waals surface area contributed by atoms with Crippen LogP contribution in [0.15, 0.2) is 0 Å². The molecule has 0 bridgehead atoms. The van der Waals surface area contributed by atoms with Gasteiger partial charge in [0.05, 0.1) is 19.3 Å². The first-order valence-corrected chi connectivity index (χ1v) is 4.75. The fourth-order valence-electron chi connectivity index (χ4n) is 0.985. The second kappa shape index (κ2) is 7.73. The lowest BCUT2D eigenvalue weighted by Crippen LogP contribution is -2.47. The number of aliphatic hydroxyl groups is 1. The fourth-order valence-corrected chi connectivity index (χ4v) is 0.985. The topological polar surface area (TPSA) is 70.6 Å². The first-order chi connectivity index (χ1) is 6.61. The van der Waals surface area contributed by atoms with E-state index >= 15 is 0 Å². The van der Waals surface area contributed by atoms with Crippen LogP contribution in [-0.2, 0) is 9.53 Å². The Hall–Kier alpha value is -0.650. The summed E-state index contributed by atoms with van der Waals surface area (Å²) in [5, 5.41) is 14.4. The lowest BCUT2D eigenvalue weighted by molar-refractivity contribution is -0.123. The highest BCUT2D eigenvalue weighted by Gasteiger charge is 2.13. The van der Waals surface area contributed by atoms with Gasteiger partial charge in [0, 0.05) is 19.7 Å². The molecule has 3 N–H and O–H groups in total. The van der Waals surface area contributed by atoms with Crippen LogP contribution in [-0.4, -0.2) is 50.0 Å². The maximum absolute atomic E-state index is 11.4. The predicted octanol–water partition coefficient (Wildman–Crippen LogP) is -0.892. The van der Waals surface area contributed by atoms with Gasteiger partial charge in [0.15, 0.2) is 0 Å². The zero-order chi connectivity index (χ0) is 11.0. The lowest BCUT2D eigenvalue weighted by atomic mass is 10.2. The third kappa shape index (κ3) is 5.90. The van der Waals surface area contributed by atoms with Crippen molar-refractivity contribution in [3.8, 4) is 0 Å². The molecule has 0 saturated carbocycles. The molecular formula is C9H20N2O3. The Morgan fingerprint density at radius 1 is 1.50 bits per heavy atom. The third-order valence-corrected chi connectivity index (χ3v) is 1.81. The largest absolute Gasteiger partial charge is 0.395 e. The molecule has 0 fully saturated rings. The van der Waals surface area contributed by atoms with Crippen molar-refractivity contribution in [2.45, 2.75) is 25.9 Å². The molecule has 5 heteroatoms. The molecule has 0 aromatic carbocycles. The SMILES string of the molecule is COCCNC(=O)C(C)NC(C)CO. The van der Waals surface area contributed by atoms with Crippen molar-refractivity contribution in [1.29, 1.82) is 0 Å². The lowest BCUT2D eigenvalue weighted by Gasteiger charge is -2.17. The highest BCUT2D eigenvalue weighted by molar-refractivity contribution is 5.81. The van der Waals surface area contributed by atoms with Gasteiger partial charge in [-0.05, 0) is 13.8 Å². The van der Waals surface area contributed by atoms with E-state index in [9.17, 15) is 4.79 Å². The summed E-state index contributed by atoms with van der Waals surface area (Å²) in [5.74, 6) is -0.0812. The van der Waals surface area contributed by atoms with Crippen molar-refractivity contribution in [2.75, 3.05) is 26.9 Å². The van der Waals surface area contributed by atoms with Gasteiger partial charge in [-0.2, -0.15) is 0 Å². The van der Waals surface area contributed by atoms with Gasteiger partial charge in [-0.1, -0.05) is 0 Å². The average molecular weight is 204 g/mol. The zero-order valence-corrected chi connectivity index (χ0v) is 9.04. The highest BCUT2D eigenvalue weighted by atomic mass is 16.5. The molecule has 0 aliphatic heterocycles. The molecule has 0 aliphatic rings. The number of nitrogens with one attached hydrogen (secondary N) is 2. The molecule has 5 nitrogen and oxygen atoms in total. The number of carbonyl (C=O) groups excluding carboxylic acids is 1. The van der Waals surface area contributed by atoms with Crippen LogP contribution in [0.5, 0.6) is 0 Å². The first-order valence-electron chi connectivity index (χ1n) is 4.75. The summed E-state index contributed by atoms with van der Waals surface area (Å²) in [4.78, 5) is 11.4. The second-order valence-corrected chi connectivity index (χ2v) is 3.26. The molecular weight excluding hydrogens is 184 g/mol. The van der Waals surface area contributed by atoms with Gasteiger partial charge in [-0.15, -0.1) is 0 Å². The molecule has 2 atom stereocenters. The monoisotopic (exact) mass is 204 g/mol. The van der Waals surface area contributed by atoms with Crippen molar-refractivity contribution in [2.24, 2.45) is 0 Å². The van der Waals surface area contributed by atoms with E-state index in [1.165, 1.54) is 0 Å². The normalized spacial score (nSPS) is 14.9. The van der Waals surface area contributed by atoms with Crippen LogP contribution in [0, 0.1) is 0 Å². The van der Waals surface area contributed by atoms with E-state index in [0.29, 0.717) is 13.2 Å². The number of ether oxygens (including phenoxy) is 1. The molecule has 0 radical (unpaired) electrons. The Labute approximate surface area is 84.8 Å². The van der Waals surface area contributed by atoms with Gasteiger partial charge < -0.3 is 20.5 Å². The molecule has 0 saturated heterocycles. The van der Waals surface area contributed by atoms with Crippen LogP contribution < -0.4 is 10.6 Å². The summed E-state index contributed by atoms with van der Waals surface area (Å²) in [7, 11) is 1.58. The van der Waals surface area contributed by atoms with Gasteiger partial charge in [-0.25, -0.2) is 0 Å². The van der Waals surface area contributed by atoms with Gasteiger partial charge in [0.1, 0.15) is 0 Å². The van der Waals surface area contributed by atoms with Crippen LogP contribution in [0.3, 0.4) is 0 Å². The van der Waals surface area contributed by atoms with Crippen molar-refractivity contribution >= 4 is 5.91 Å². The van der Waals surface area contributed by atoms with Crippen molar-refractivity contribution in [3.05, 3.63) is 0 Å². The average Bonchev–Trinajstić information content (AvgIpc) is 2.17. The summed E-state index contributed by atoms with van der Waals surface area (Å²) in [6.45, 7) is 4.62. The quantitative estimate of drug-likeness (QED) is 0.470. The first kappa shape index (κ1) is 13.4. The minimum absolute atomic E-state index is 0.0235. The van der Waals surface area contributed by atoms with Gasteiger partial charge in [0.25, 0.3) is 0 Å². The van der Waals surface area contributed by atoms with E-state index in [2.05, 4.69) is 10.6 Å². The Balaban J connectivity index is 3.64. The number of aliphatic hydroxyl groups excluding tert-OH is 1. The number of carbonyl (C=O) groups is 1. The smallest absolute Gasteiger partial charge is 0.236 e. The molecule has 2 unspecified atom stereocenters. The second-order valence-electron chi connectivity index (χ2n) is 3.26. The summed E-state index contributed by atoms with van der Waals surface area (Å²) in [6.07, 6.45) is 0. The number of methoxy groups -OCH3 is 1. The molecule has 0 heterocycles. The van der Waals surface area contributed by atoms with E-state index < -0.39 is 0 Å². The number of rotatable bonds is 7. The molecule has 0 rings (SSSR count). The summed E-state index contributed by atoms with van der Waals surface area (Å²) < 4.78 is 4.80.